The Kier molecular flexibility index (Phi) is 0.987. The maximum absolute atomic E-state index is 2.60. The van der Waals surface area contributed by atoms with Gasteiger partial charge in [-0.3, -0.25) is 0 Å². The molecule has 0 aromatic heterocycles. The third kappa shape index (κ3) is 0.816. The van der Waals surface area contributed by atoms with Gasteiger partial charge in [-0.1, -0.05) is 18.6 Å². The van der Waals surface area contributed by atoms with Crippen molar-refractivity contribution in [2.75, 3.05) is 0 Å². The molecule has 0 amide bonds. The molecule has 4 aliphatic rings. The van der Waals surface area contributed by atoms with Gasteiger partial charge in [-0.05, 0) is 49.4 Å². The van der Waals surface area contributed by atoms with E-state index in [0.717, 1.165) is 11.8 Å². The lowest BCUT2D eigenvalue weighted by Crippen LogP contribution is -2.38. The third-order valence-corrected chi connectivity index (χ3v) is 3.83. The van der Waals surface area contributed by atoms with Crippen LogP contribution in [0.2, 0.25) is 0 Å². The van der Waals surface area contributed by atoms with Gasteiger partial charge in [0.25, 0.3) is 0 Å². The number of hydrogen-bond donors (Lipinski definition) is 0. The van der Waals surface area contributed by atoms with Crippen LogP contribution >= 0.6 is 0 Å². The van der Waals surface area contributed by atoms with Crippen LogP contribution in [0.4, 0.5) is 0 Å². The summed E-state index contributed by atoms with van der Waals surface area (Å²) in [4.78, 5) is 0. The molecule has 0 spiro atoms. The first kappa shape index (κ1) is 6.28. The summed E-state index contributed by atoms with van der Waals surface area (Å²) in [6.45, 7) is 2.46. The lowest BCUT2D eigenvalue weighted by Gasteiger charge is -2.50. The molecule has 2 atom stereocenters. The third-order valence-electron chi connectivity index (χ3n) is 3.83. The average Bonchev–Trinajstić information content (AvgIpc) is 1.79. The Hall–Kier alpha value is -0.260. The van der Waals surface area contributed by atoms with E-state index in [-0.39, 0.29) is 0 Å². The van der Waals surface area contributed by atoms with Crippen LogP contribution in [0, 0.1) is 17.3 Å². The molecule has 2 fully saturated rings. The highest BCUT2D eigenvalue weighted by atomic mass is 14.5. The predicted molar refractivity (Wildman–Crippen MR) is 46.3 cm³/mol. The topological polar surface area (TPSA) is 0 Å². The molecule has 2 saturated carbocycles. The Morgan fingerprint density at radius 2 is 1.91 bits per heavy atom. The van der Waals surface area contributed by atoms with Gasteiger partial charge >= 0.3 is 0 Å². The summed E-state index contributed by atoms with van der Waals surface area (Å²) in [6, 6.07) is 0. The lowest BCUT2D eigenvalue weighted by molar-refractivity contribution is 0.101. The minimum Gasteiger partial charge on any atom is -0.0793 e. The van der Waals surface area contributed by atoms with Crippen molar-refractivity contribution >= 4 is 0 Å². The minimum atomic E-state index is 0.638. The molecule has 4 rings (SSSR count). The van der Waals surface area contributed by atoms with Gasteiger partial charge in [0, 0.05) is 0 Å². The standard InChI is InChI=1S/C11H16/c1-11-5-8-2-9(6-11)4-10(3-8)7-11/h5,9-10H,2-4,6-7H2,1H3. The molecule has 2 unspecified atom stereocenters. The zero-order chi connectivity index (χ0) is 7.47. The van der Waals surface area contributed by atoms with E-state index in [2.05, 4.69) is 13.0 Å². The van der Waals surface area contributed by atoms with Gasteiger partial charge in [0.15, 0.2) is 0 Å². The van der Waals surface area contributed by atoms with Crippen LogP contribution in [0.5, 0.6) is 0 Å². The fourth-order valence-electron chi connectivity index (χ4n) is 3.90. The summed E-state index contributed by atoms with van der Waals surface area (Å²) in [6.07, 6.45) is 10.0. The SMILES string of the molecule is CC12C=C3CC(CC(C3)C1)C2. The summed E-state index contributed by atoms with van der Waals surface area (Å²) < 4.78 is 0. The van der Waals surface area contributed by atoms with Crippen molar-refractivity contribution in [3.05, 3.63) is 11.6 Å². The lowest BCUT2D eigenvalue weighted by atomic mass is 9.55. The number of hydrogen-bond acceptors (Lipinski definition) is 0. The van der Waals surface area contributed by atoms with Gasteiger partial charge in [-0.15, -0.1) is 0 Å². The van der Waals surface area contributed by atoms with Gasteiger partial charge in [0.2, 0.25) is 0 Å². The highest BCUT2D eigenvalue weighted by Gasteiger charge is 2.43. The highest BCUT2D eigenvalue weighted by molar-refractivity contribution is 5.22. The summed E-state index contributed by atoms with van der Waals surface area (Å²) in [5.41, 5.74) is 2.44. The molecule has 0 nitrogen and oxygen atoms in total. The number of rotatable bonds is 0. The molecule has 0 aromatic carbocycles. The van der Waals surface area contributed by atoms with Crippen LogP contribution in [0.25, 0.3) is 0 Å². The largest absolute Gasteiger partial charge is 0.0793 e. The van der Waals surface area contributed by atoms with E-state index in [1.165, 1.54) is 25.7 Å². The van der Waals surface area contributed by atoms with Crippen LogP contribution in [-0.2, 0) is 0 Å². The van der Waals surface area contributed by atoms with Gasteiger partial charge in [0.1, 0.15) is 0 Å². The zero-order valence-electron chi connectivity index (χ0n) is 7.27. The van der Waals surface area contributed by atoms with Crippen LogP contribution in [0.3, 0.4) is 0 Å². The zero-order valence-corrected chi connectivity index (χ0v) is 7.27. The van der Waals surface area contributed by atoms with Crippen molar-refractivity contribution in [1.29, 1.82) is 0 Å². The van der Waals surface area contributed by atoms with Crippen molar-refractivity contribution < 1.29 is 0 Å². The van der Waals surface area contributed by atoms with Crippen LogP contribution in [0.1, 0.15) is 39.0 Å². The second-order valence-corrected chi connectivity index (χ2v) is 5.24. The average molecular weight is 148 g/mol. The molecule has 0 N–H and O–H groups in total. The molecule has 0 radical (unpaired) electrons. The van der Waals surface area contributed by atoms with Crippen LogP contribution < -0.4 is 0 Å². The van der Waals surface area contributed by atoms with Crippen molar-refractivity contribution in [1.82, 2.24) is 0 Å². The van der Waals surface area contributed by atoms with Crippen molar-refractivity contribution in [2.24, 2.45) is 17.3 Å². The first-order valence-electron chi connectivity index (χ1n) is 4.94. The van der Waals surface area contributed by atoms with E-state index in [4.69, 9.17) is 0 Å². The summed E-state index contributed by atoms with van der Waals surface area (Å²) in [5, 5.41) is 0. The summed E-state index contributed by atoms with van der Waals surface area (Å²) in [7, 11) is 0. The second kappa shape index (κ2) is 1.73. The molecule has 0 heterocycles. The molecule has 0 aliphatic heterocycles. The fraction of sp³-hybridized carbons (Fsp3) is 0.818. The van der Waals surface area contributed by atoms with Gasteiger partial charge in [-0.2, -0.15) is 0 Å². The molecule has 0 aromatic rings. The fourth-order valence-corrected chi connectivity index (χ4v) is 3.90. The molecule has 0 saturated heterocycles. The first-order valence-corrected chi connectivity index (χ1v) is 4.94. The van der Waals surface area contributed by atoms with Crippen molar-refractivity contribution in [2.45, 2.75) is 39.0 Å². The molecular formula is C11H16. The molecule has 4 bridgehead atoms. The molecule has 0 heteroatoms. The Balaban J connectivity index is 2.08. The smallest absolute Gasteiger partial charge is 0.0138 e. The van der Waals surface area contributed by atoms with E-state index in [0.29, 0.717) is 5.41 Å². The summed E-state index contributed by atoms with van der Waals surface area (Å²) in [5.74, 6) is 2.15. The van der Waals surface area contributed by atoms with E-state index in [1.54, 1.807) is 12.0 Å². The normalized spacial score (nSPS) is 53.0. The van der Waals surface area contributed by atoms with Crippen LogP contribution in [0.15, 0.2) is 11.6 Å². The molecule has 60 valence electrons. The predicted octanol–water partition coefficient (Wildman–Crippen LogP) is 3.14. The van der Waals surface area contributed by atoms with E-state index >= 15 is 0 Å². The van der Waals surface area contributed by atoms with Gasteiger partial charge in [0.05, 0.1) is 0 Å². The Morgan fingerprint density at radius 3 is 2.36 bits per heavy atom. The maximum Gasteiger partial charge on any atom is -0.0138 e. The van der Waals surface area contributed by atoms with Crippen molar-refractivity contribution in [3.63, 3.8) is 0 Å². The van der Waals surface area contributed by atoms with E-state index < -0.39 is 0 Å². The highest BCUT2D eigenvalue weighted by Crippen LogP contribution is 2.56. The molecule has 4 aliphatic carbocycles. The van der Waals surface area contributed by atoms with Gasteiger partial charge < -0.3 is 0 Å². The first-order chi connectivity index (χ1) is 5.23. The van der Waals surface area contributed by atoms with Crippen molar-refractivity contribution in [3.8, 4) is 0 Å². The monoisotopic (exact) mass is 148 g/mol. The number of allylic oxidation sites excluding steroid dienone is 2. The van der Waals surface area contributed by atoms with E-state index in [9.17, 15) is 0 Å². The summed E-state index contributed by atoms with van der Waals surface area (Å²) >= 11 is 0. The minimum absolute atomic E-state index is 0.638. The second-order valence-electron chi connectivity index (χ2n) is 5.24. The van der Waals surface area contributed by atoms with Crippen LogP contribution in [-0.4, -0.2) is 0 Å². The maximum atomic E-state index is 2.60. The molecular weight excluding hydrogens is 132 g/mol. The quantitative estimate of drug-likeness (QED) is 0.463. The van der Waals surface area contributed by atoms with Gasteiger partial charge in [-0.25, -0.2) is 0 Å². The molecule has 11 heavy (non-hydrogen) atoms. The van der Waals surface area contributed by atoms with E-state index in [1.807, 2.05) is 0 Å². The Labute approximate surface area is 68.7 Å². The Bertz CT molecular complexity index is 208. The Morgan fingerprint density at radius 1 is 1.27 bits per heavy atom.